The number of halogens is 1. The van der Waals surface area contributed by atoms with E-state index in [0.717, 1.165) is 29.8 Å². The zero-order valence-electron chi connectivity index (χ0n) is 15.7. The first kappa shape index (κ1) is 22.5. The normalized spacial score (nSPS) is 11.5. The number of sulfonamides is 1. The Morgan fingerprint density at radius 3 is 2.29 bits per heavy atom. The van der Waals surface area contributed by atoms with Crippen molar-refractivity contribution in [2.24, 2.45) is 0 Å². The molecule has 0 fully saturated rings. The Bertz CT molecular complexity index is 1230. The van der Waals surface area contributed by atoms with Crippen LogP contribution in [0.3, 0.4) is 0 Å². The molecule has 31 heavy (non-hydrogen) atoms. The van der Waals surface area contributed by atoms with Gasteiger partial charge in [0.25, 0.3) is 10.0 Å². The zero-order valence-corrected chi connectivity index (χ0v) is 17.3. The number of aromatic carboxylic acids is 1. The molecule has 0 saturated carbocycles. The monoisotopic (exact) mass is 463 g/mol. The number of phenols is 1. The summed E-state index contributed by atoms with van der Waals surface area (Å²) in [5, 5.41) is 39.6. The van der Waals surface area contributed by atoms with Gasteiger partial charge < -0.3 is 25.9 Å². The molecule has 0 amide bonds. The molecule has 0 atom stereocenters. The standard InChI is InChI=1S/C20H16ClN2O7S/c21-18-6-3-14(20(25)26)10-19(18)31(29,30)22-15-8-13(9-16(11-15)23(27)28)7-12-1-4-17(24)5-2-12/h1-6,8-11,22-24H,7H2,(H,25,26)/q-1. The summed E-state index contributed by atoms with van der Waals surface area (Å²) < 4.78 is 27.8. The highest BCUT2D eigenvalue weighted by molar-refractivity contribution is 7.92. The zero-order chi connectivity index (χ0) is 22.8. The quantitative estimate of drug-likeness (QED) is 0.392. The molecule has 3 aromatic carbocycles. The number of anilines is 1. The lowest BCUT2D eigenvalue weighted by molar-refractivity contribution is -0.715. The fourth-order valence-corrected chi connectivity index (χ4v) is 4.44. The highest BCUT2D eigenvalue weighted by Gasteiger charge is 2.21. The minimum absolute atomic E-state index is 0.0627. The smallest absolute Gasteiger partial charge is 0.335 e. The molecule has 3 rings (SSSR count). The van der Waals surface area contributed by atoms with E-state index in [4.69, 9.17) is 16.7 Å². The number of carboxylic acid groups (broad SMARTS) is 1. The first-order chi connectivity index (χ1) is 14.5. The van der Waals surface area contributed by atoms with Crippen LogP contribution in [0.5, 0.6) is 5.75 Å². The van der Waals surface area contributed by atoms with Gasteiger partial charge in [-0.2, -0.15) is 0 Å². The third-order valence-corrected chi connectivity index (χ3v) is 6.16. The van der Waals surface area contributed by atoms with Crippen LogP contribution in [0.15, 0.2) is 65.6 Å². The molecule has 0 aliphatic heterocycles. The minimum Gasteiger partial charge on any atom is -0.628 e. The van der Waals surface area contributed by atoms with Crippen LogP contribution in [0.4, 0.5) is 11.4 Å². The second-order valence-corrected chi connectivity index (χ2v) is 8.66. The fourth-order valence-electron chi connectivity index (χ4n) is 2.87. The van der Waals surface area contributed by atoms with Crippen molar-refractivity contribution in [2.45, 2.75) is 11.3 Å². The molecule has 0 aliphatic rings. The highest BCUT2D eigenvalue weighted by Crippen LogP contribution is 2.27. The van der Waals surface area contributed by atoms with Gasteiger partial charge in [0.1, 0.15) is 16.3 Å². The van der Waals surface area contributed by atoms with Gasteiger partial charge in [0.05, 0.1) is 16.3 Å². The van der Waals surface area contributed by atoms with E-state index in [1.54, 1.807) is 12.1 Å². The van der Waals surface area contributed by atoms with Crippen molar-refractivity contribution in [3.8, 4) is 5.75 Å². The van der Waals surface area contributed by atoms with Crippen LogP contribution in [-0.2, 0) is 16.4 Å². The van der Waals surface area contributed by atoms with E-state index in [2.05, 4.69) is 4.72 Å². The van der Waals surface area contributed by atoms with Gasteiger partial charge >= 0.3 is 5.97 Å². The molecule has 162 valence electrons. The summed E-state index contributed by atoms with van der Waals surface area (Å²) in [6.07, 6.45) is 0.255. The Morgan fingerprint density at radius 2 is 1.68 bits per heavy atom. The van der Waals surface area contributed by atoms with Gasteiger partial charge in [-0.15, -0.1) is 0 Å². The maximum absolute atomic E-state index is 12.8. The number of benzene rings is 3. The summed E-state index contributed by atoms with van der Waals surface area (Å²) in [6.45, 7) is 0. The van der Waals surface area contributed by atoms with Gasteiger partial charge in [-0.1, -0.05) is 23.7 Å². The number of phenolic OH excluding ortho intramolecular Hbond substituents is 1. The van der Waals surface area contributed by atoms with Crippen LogP contribution in [0.1, 0.15) is 21.5 Å². The molecular formula is C20H16ClN2O7S-. The van der Waals surface area contributed by atoms with Crippen molar-refractivity contribution in [1.82, 2.24) is 0 Å². The number of hydrogen-bond acceptors (Lipinski definition) is 6. The van der Waals surface area contributed by atoms with Crippen molar-refractivity contribution < 1.29 is 28.7 Å². The summed E-state index contributed by atoms with van der Waals surface area (Å²) in [5.74, 6) is -1.26. The van der Waals surface area contributed by atoms with E-state index in [1.807, 2.05) is 0 Å². The lowest BCUT2D eigenvalue weighted by Crippen LogP contribution is -2.96. The van der Waals surface area contributed by atoms with Gasteiger partial charge in [-0.25, -0.2) is 13.2 Å². The minimum atomic E-state index is -4.33. The lowest BCUT2D eigenvalue weighted by atomic mass is 10.0. The average molecular weight is 464 g/mol. The number of rotatable bonds is 7. The van der Waals surface area contributed by atoms with Gasteiger partial charge in [-0.3, -0.25) is 4.72 Å². The van der Waals surface area contributed by atoms with Gasteiger partial charge in [0.2, 0.25) is 0 Å². The molecule has 0 aromatic heterocycles. The molecule has 9 nitrogen and oxygen atoms in total. The van der Waals surface area contributed by atoms with Crippen molar-refractivity contribution in [1.29, 1.82) is 0 Å². The molecule has 0 saturated heterocycles. The Morgan fingerprint density at radius 1 is 1.00 bits per heavy atom. The Labute approximate surface area is 182 Å². The highest BCUT2D eigenvalue weighted by atomic mass is 35.5. The van der Waals surface area contributed by atoms with Crippen LogP contribution in [0.25, 0.3) is 0 Å². The second-order valence-electron chi connectivity index (χ2n) is 6.61. The molecule has 0 aliphatic carbocycles. The van der Waals surface area contributed by atoms with Crippen LogP contribution in [-0.4, -0.2) is 24.6 Å². The maximum Gasteiger partial charge on any atom is 0.335 e. The van der Waals surface area contributed by atoms with E-state index in [9.17, 15) is 28.7 Å². The summed E-state index contributed by atoms with van der Waals surface area (Å²) in [4.78, 5) is 10.7. The Hall–Kier alpha value is -3.15. The van der Waals surface area contributed by atoms with Crippen LogP contribution < -0.4 is 9.95 Å². The van der Waals surface area contributed by atoms with Gasteiger partial charge in [-0.05, 0) is 53.9 Å². The Balaban J connectivity index is 1.98. The molecule has 3 aromatic rings. The fraction of sp³-hybridized carbons (Fsp3) is 0.0500. The number of nitrogens with one attached hydrogen (secondary N) is 2. The number of carbonyl (C=O) groups is 1. The summed E-state index contributed by atoms with van der Waals surface area (Å²) >= 11 is 5.95. The van der Waals surface area contributed by atoms with E-state index >= 15 is 0 Å². The molecule has 0 radical (unpaired) electrons. The predicted octanol–water partition coefficient (Wildman–Crippen LogP) is 2.65. The summed E-state index contributed by atoms with van der Waals surface area (Å²) in [5.41, 5.74) is 0.627. The van der Waals surface area contributed by atoms with Crippen LogP contribution >= 0.6 is 11.6 Å². The first-order valence-electron chi connectivity index (χ1n) is 8.74. The molecule has 0 unspecified atom stereocenters. The van der Waals surface area contributed by atoms with Gasteiger partial charge in [0.15, 0.2) is 0 Å². The largest absolute Gasteiger partial charge is 0.628 e. The third-order valence-electron chi connectivity index (χ3n) is 4.29. The van der Waals surface area contributed by atoms with E-state index < -0.39 is 26.1 Å². The third kappa shape index (κ3) is 5.51. The molecule has 0 spiro atoms. The molecule has 0 bridgehead atoms. The maximum atomic E-state index is 12.8. The number of carboxylic acids is 1. The lowest BCUT2D eigenvalue weighted by Gasteiger charge is -2.26. The summed E-state index contributed by atoms with van der Waals surface area (Å²) in [6, 6.07) is 13.3. The van der Waals surface area contributed by atoms with Crippen LogP contribution in [0, 0.1) is 10.4 Å². The van der Waals surface area contributed by atoms with Crippen molar-refractivity contribution in [3.05, 3.63) is 92.8 Å². The SMILES string of the molecule is O=C(O)c1ccc(Cl)c(S(=O)(=O)Nc2cc(Cc3ccc(O)cc3)cc([NH+]([O-])[O-])c2)c1. The summed E-state index contributed by atoms with van der Waals surface area (Å²) in [7, 11) is -4.33. The van der Waals surface area contributed by atoms with E-state index in [-0.39, 0.29) is 34.1 Å². The molecule has 11 heteroatoms. The topological polar surface area (TPSA) is 154 Å². The molecule has 4 N–H and O–H groups in total. The predicted molar refractivity (Wildman–Crippen MR) is 114 cm³/mol. The number of hydrogen-bond donors (Lipinski definition) is 4. The van der Waals surface area contributed by atoms with Gasteiger partial charge in [0, 0.05) is 12.1 Å². The molecular weight excluding hydrogens is 448 g/mol. The van der Waals surface area contributed by atoms with Crippen molar-refractivity contribution in [3.63, 3.8) is 0 Å². The number of aromatic hydroxyl groups is 1. The first-order valence-corrected chi connectivity index (χ1v) is 10.6. The second kappa shape index (κ2) is 8.92. The van der Waals surface area contributed by atoms with Crippen molar-refractivity contribution >= 4 is 39.0 Å². The van der Waals surface area contributed by atoms with E-state index in [1.165, 1.54) is 24.3 Å². The van der Waals surface area contributed by atoms with Crippen molar-refractivity contribution in [2.75, 3.05) is 4.72 Å². The number of quaternary nitrogens is 1. The average Bonchev–Trinajstić information content (AvgIpc) is 2.69. The van der Waals surface area contributed by atoms with E-state index in [0.29, 0.717) is 5.56 Å². The van der Waals surface area contributed by atoms with Crippen LogP contribution in [0.2, 0.25) is 5.02 Å². The molecule has 0 heterocycles. The Kier molecular flexibility index (Phi) is 6.48.